The van der Waals surface area contributed by atoms with E-state index in [0.29, 0.717) is 17.3 Å². The Morgan fingerprint density at radius 3 is 2.50 bits per heavy atom. The van der Waals surface area contributed by atoms with Gasteiger partial charge in [-0.05, 0) is 44.4 Å². The van der Waals surface area contributed by atoms with Gasteiger partial charge in [0.25, 0.3) is 0 Å². The predicted octanol–water partition coefficient (Wildman–Crippen LogP) is 2.63. The first-order valence-electron chi connectivity index (χ1n) is 6.92. The van der Waals surface area contributed by atoms with Gasteiger partial charge in [0, 0.05) is 6.04 Å². The van der Waals surface area contributed by atoms with E-state index in [9.17, 15) is 4.79 Å². The number of nitrogens with one attached hydrogen (secondary N) is 1. The van der Waals surface area contributed by atoms with Crippen molar-refractivity contribution in [3.8, 4) is 0 Å². The van der Waals surface area contributed by atoms with E-state index in [1.54, 1.807) is 0 Å². The number of thiocarbonyl (C=S) groups is 1. The van der Waals surface area contributed by atoms with E-state index in [4.69, 9.17) is 18.0 Å². The maximum Gasteiger partial charge on any atom is 0.232 e. The third-order valence-corrected chi connectivity index (χ3v) is 4.95. The summed E-state index contributed by atoms with van der Waals surface area (Å²) in [4.78, 5) is 12.6. The highest BCUT2D eigenvalue weighted by molar-refractivity contribution is 7.80. The standard InChI is InChI=1S/C14H26N2OS/c1-5-14(4,12(15)18)13(17)16-11-7-6-9(2)8-10(11)3/h9-11H,5-8H2,1-4H3,(H2,15,18)(H,16,17). The van der Waals surface area contributed by atoms with Crippen LogP contribution in [0.4, 0.5) is 0 Å². The SMILES string of the molecule is CCC(C)(C(=O)NC1CCC(C)CC1C)C(N)=S. The fourth-order valence-corrected chi connectivity index (χ4v) is 2.89. The van der Waals surface area contributed by atoms with Crippen molar-refractivity contribution in [2.75, 3.05) is 0 Å². The van der Waals surface area contributed by atoms with Crippen molar-refractivity contribution in [2.45, 2.75) is 59.4 Å². The Hall–Kier alpha value is -0.640. The maximum absolute atomic E-state index is 12.4. The number of amides is 1. The van der Waals surface area contributed by atoms with Crippen LogP contribution in [-0.4, -0.2) is 16.9 Å². The van der Waals surface area contributed by atoms with Crippen molar-refractivity contribution < 1.29 is 4.79 Å². The Bertz CT molecular complexity index is 332. The molecule has 0 aromatic carbocycles. The summed E-state index contributed by atoms with van der Waals surface area (Å²) in [5.41, 5.74) is 5.00. The number of rotatable bonds is 4. The minimum absolute atomic E-state index is 0.0103. The molecule has 4 atom stereocenters. The van der Waals surface area contributed by atoms with Gasteiger partial charge in [0.05, 0.1) is 10.4 Å². The van der Waals surface area contributed by atoms with Crippen LogP contribution in [0, 0.1) is 17.3 Å². The first kappa shape index (κ1) is 15.4. The molecule has 1 saturated carbocycles. The summed E-state index contributed by atoms with van der Waals surface area (Å²) in [6.07, 6.45) is 4.07. The van der Waals surface area contributed by atoms with E-state index < -0.39 is 5.41 Å². The molecule has 0 spiro atoms. The summed E-state index contributed by atoms with van der Waals surface area (Å²) in [6, 6.07) is 0.272. The molecule has 0 bridgehead atoms. The molecule has 1 aliphatic rings. The number of carbonyl (C=O) groups excluding carboxylic acids is 1. The second-order valence-corrected chi connectivity index (χ2v) is 6.47. The largest absolute Gasteiger partial charge is 0.392 e. The van der Waals surface area contributed by atoms with Crippen LogP contribution in [0.1, 0.15) is 53.4 Å². The smallest absolute Gasteiger partial charge is 0.232 e. The van der Waals surface area contributed by atoms with Crippen molar-refractivity contribution in [3.63, 3.8) is 0 Å². The normalized spacial score (nSPS) is 31.4. The molecular formula is C14H26N2OS. The first-order chi connectivity index (χ1) is 8.31. The molecule has 1 amide bonds. The number of nitrogens with two attached hydrogens (primary N) is 1. The quantitative estimate of drug-likeness (QED) is 0.772. The van der Waals surface area contributed by atoms with Crippen LogP contribution in [0.2, 0.25) is 0 Å². The minimum Gasteiger partial charge on any atom is -0.392 e. The lowest BCUT2D eigenvalue weighted by molar-refractivity contribution is -0.128. The highest BCUT2D eigenvalue weighted by Crippen LogP contribution is 2.30. The molecular weight excluding hydrogens is 244 g/mol. The zero-order valence-electron chi connectivity index (χ0n) is 12.0. The molecule has 0 aromatic rings. The minimum atomic E-state index is -0.710. The van der Waals surface area contributed by atoms with Crippen molar-refractivity contribution in [2.24, 2.45) is 23.0 Å². The zero-order valence-corrected chi connectivity index (χ0v) is 12.8. The van der Waals surface area contributed by atoms with Gasteiger partial charge in [0.2, 0.25) is 5.91 Å². The van der Waals surface area contributed by atoms with Crippen molar-refractivity contribution in [3.05, 3.63) is 0 Å². The molecule has 0 aromatic heterocycles. The Morgan fingerprint density at radius 2 is 2.06 bits per heavy atom. The molecule has 0 aliphatic heterocycles. The maximum atomic E-state index is 12.4. The van der Waals surface area contributed by atoms with Crippen molar-refractivity contribution >= 4 is 23.1 Å². The van der Waals surface area contributed by atoms with Gasteiger partial charge in [-0.25, -0.2) is 0 Å². The van der Waals surface area contributed by atoms with E-state index in [0.717, 1.165) is 12.3 Å². The average molecular weight is 270 g/mol. The predicted molar refractivity (Wildman–Crippen MR) is 79.3 cm³/mol. The van der Waals surface area contributed by atoms with Crippen LogP contribution in [-0.2, 0) is 4.79 Å². The van der Waals surface area contributed by atoms with Gasteiger partial charge in [-0.15, -0.1) is 0 Å². The molecule has 3 N–H and O–H groups in total. The number of carbonyl (C=O) groups is 1. The van der Waals surface area contributed by atoms with Crippen LogP contribution in [0.5, 0.6) is 0 Å². The van der Waals surface area contributed by atoms with Gasteiger partial charge >= 0.3 is 0 Å². The Labute approximate surface area is 116 Å². The fourth-order valence-electron chi connectivity index (χ4n) is 2.65. The monoisotopic (exact) mass is 270 g/mol. The molecule has 0 saturated heterocycles. The van der Waals surface area contributed by atoms with E-state index in [-0.39, 0.29) is 11.9 Å². The first-order valence-corrected chi connectivity index (χ1v) is 7.33. The summed E-state index contributed by atoms with van der Waals surface area (Å²) in [5.74, 6) is 1.29. The average Bonchev–Trinajstić information content (AvgIpc) is 2.31. The molecule has 18 heavy (non-hydrogen) atoms. The molecule has 1 aliphatic carbocycles. The van der Waals surface area contributed by atoms with E-state index in [2.05, 4.69) is 19.2 Å². The molecule has 0 heterocycles. The van der Waals surface area contributed by atoms with Crippen LogP contribution in [0.15, 0.2) is 0 Å². The third kappa shape index (κ3) is 3.22. The lowest BCUT2D eigenvalue weighted by Gasteiger charge is -2.36. The van der Waals surface area contributed by atoms with Crippen LogP contribution >= 0.6 is 12.2 Å². The summed E-state index contributed by atoms with van der Waals surface area (Å²) >= 11 is 5.04. The molecule has 1 fully saturated rings. The third-order valence-electron chi connectivity index (χ3n) is 4.50. The highest BCUT2D eigenvalue weighted by atomic mass is 32.1. The second-order valence-electron chi connectivity index (χ2n) is 6.03. The molecule has 3 nitrogen and oxygen atoms in total. The fraction of sp³-hybridized carbons (Fsp3) is 0.857. The summed E-state index contributed by atoms with van der Waals surface area (Å²) in [5, 5.41) is 3.16. The van der Waals surface area contributed by atoms with E-state index in [1.165, 1.54) is 12.8 Å². The van der Waals surface area contributed by atoms with Gasteiger partial charge in [0.15, 0.2) is 0 Å². The molecule has 4 heteroatoms. The van der Waals surface area contributed by atoms with Gasteiger partial charge < -0.3 is 11.1 Å². The van der Waals surface area contributed by atoms with Gasteiger partial charge in [-0.3, -0.25) is 4.79 Å². The molecule has 104 valence electrons. The topological polar surface area (TPSA) is 55.1 Å². The summed E-state index contributed by atoms with van der Waals surface area (Å²) in [6.45, 7) is 8.27. The summed E-state index contributed by atoms with van der Waals surface area (Å²) < 4.78 is 0. The molecule has 4 unspecified atom stereocenters. The lowest BCUT2D eigenvalue weighted by Crippen LogP contribution is -2.52. The Balaban J connectivity index is 2.67. The van der Waals surface area contributed by atoms with E-state index in [1.807, 2.05) is 13.8 Å². The summed E-state index contributed by atoms with van der Waals surface area (Å²) in [7, 11) is 0. The second kappa shape index (κ2) is 6.00. The Morgan fingerprint density at radius 1 is 1.44 bits per heavy atom. The number of hydrogen-bond donors (Lipinski definition) is 2. The molecule has 1 rings (SSSR count). The zero-order chi connectivity index (χ0) is 13.9. The van der Waals surface area contributed by atoms with Crippen LogP contribution in [0.25, 0.3) is 0 Å². The van der Waals surface area contributed by atoms with Crippen molar-refractivity contribution in [1.29, 1.82) is 0 Å². The highest BCUT2D eigenvalue weighted by Gasteiger charge is 2.37. The van der Waals surface area contributed by atoms with Gasteiger partial charge in [-0.1, -0.05) is 33.0 Å². The molecule has 0 radical (unpaired) electrons. The Kier molecular flexibility index (Phi) is 5.14. The van der Waals surface area contributed by atoms with Gasteiger partial charge in [-0.2, -0.15) is 0 Å². The van der Waals surface area contributed by atoms with E-state index >= 15 is 0 Å². The van der Waals surface area contributed by atoms with Crippen LogP contribution in [0.3, 0.4) is 0 Å². The van der Waals surface area contributed by atoms with Gasteiger partial charge in [0.1, 0.15) is 0 Å². The number of hydrogen-bond acceptors (Lipinski definition) is 2. The van der Waals surface area contributed by atoms with Crippen molar-refractivity contribution in [1.82, 2.24) is 5.32 Å². The van der Waals surface area contributed by atoms with Crippen LogP contribution < -0.4 is 11.1 Å². The lowest BCUT2D eigenvalue weighted by atomic mass is 9.78.